The van der Waals surface area contributed by atoms with Gasteiger partial charge in [0.25, 0.3) is 5.91 Å². The molecule has 6 N–H and O–H groups in total. The summed E-state index contributed by atoms with van der Waals surface area (Å²) in [5.74, 6) is -2.88. The number of amidine groups is 1. The highest BCUT2D eigenvalue weighted by Gasteiger charge is 2.31. The molecule has 3 aromatic carbocycles. The molecule has 4 rings (SSSR count). The molecule has 0 spiro atoms. The third kappa shape index (κ3) is 6.33. The standard InChI is InChI=1S/C28H28FN5O4/c29-22-12-18(6-9-21(22)26(30)31)15-32-27(37)19-7-8-20-16-34(11-10-17-4-2-1-3-5-17)28(38)24(14-25(35)36)33-23(20)13-19/h1-9,12-13,24,33H,10-11,14-16H2,(H3,30,31)(H,32,37)(H,35,36)/t24-/m1/s1. The van der Waals surface area contributed by atoms with Crippen LogP contribution in [0.1, 0.15) is 39.0 Å². The van der Waals surface area contributed by atoms with E-state index in [0.717, 1.165) is 11.1 Å². The van der Waals surface area contributed by atoms with Crippen LogP contribution in [0, 0.1) is 11.2 Å². The summed E-state index contributed by atoms with van der Waals surface area (Å²) in [6.07, 6.45) is 0.217. The Balaban J connectivity index is 1.50. The van der Waals surface area contributed by atoms with Crippen LogP contribution >= 0.6 is 0 Å². The molecular formula is C28H28FN5O4. The highest BCUT2D eigenvalue weighted by molar-refractivity contribution is 5.97. The molecule has 1 aliphatic heterocycles. The first-order valence-corrected chi connectivity index (χ1v) is 12.1. The van der Waals surface area contributed by atoms with E-state index in [4.69, 9.17) is 11.1 Å². The molecular weight excluding hydrogens is 489 g/mol. The number of nitrogens with two attached hydrogens (primary N) is 1. The third-order valence-corrected chi connectivity index (χ3v) is 6.34. The molecule has 38 heavy (non-hydrogen) atoms. The summed E-state index contributed by atoms with van der Waals surface area (Å²) in [4.78, 5) is 39.2. The maximum absolute atomic E-state index is 14.1. The van der Waals surface area contributed by atoms with Gasteiger partial charge in [0.1, 0.15) is 17.7 Å². The SMILES string of the molecule is N=C(N)c1ccc(CNC(=O)c2ccc3c(c2)N[C@H](CC(=O)O)C(=O)N(CCc2ccccc2)C3)cc1F. The van der Waals surface area contributed by atoms with Crippen LogP contribution in [0.5, 0.6) is 0 Å². The number of hydrogen-bond donors (Lipinski definition) is 5. The van der Waals surface area contributed by atoms with E-state index in [1.54, 1.807) is 29.2 Å². The number of carboxylic acid groups (broad SMARTS) is 1. The van der Waals surface area contributed by atoms with E-state index < -0.39 is 30.2 Å². The van der Waals surface area contributed by atoms with Crippen molar-refractivity contribution in [3.63, 3.8) is 0 Å². The lowest BCUT2D eigenvalue weighted by atomic mass is 10.1. The summed E-state index contributed by atoms with van der Waals surface area (Å²) in [7, 11) is 0. The number of halogens is 1. The van der Waals surface area contributed by atoms with E-state index in [2.05, 4.69) is 10.6 Å². The average Bonchev–Trinajstić information content (AvgIpc) is 3.01. The van der Waals surface area contributed by atoms with Gasteiger partial charge in [0.2, 0.25) is 5.91 Å². The molecule has 0 aliphatic carbocycles. The van der Waals surface area contributed by atoms with E-state index in [-0.39, 0.29) is 30.4 Å². The van der Waals surface area contributed by atoms with Gasteiger partial charge in [-0.05, 0) is 47.4 Å². The first-order valence-electron chi connectivity index (χ1n) is 12.1. The van der Waals surface area contributed by atoms with Gasteiger partial charge in [0.15, 0.2) is 0 Å². The lowest BCUT2D eigenvalue weighted by molar-refractivity contribution is -0.141. The van der Waals surface area contributed by atoms with Gasteiger partial charge in [-0.2, -0.15) is 0 Å². The first kappa shape index (κ1) is 26.3. The minimum absolute atomic E-state index is 0.0137. The fourth-order valence-corrected chi connectivity index (χ4v) is 4.33. The van der Waals surface area contributed by atoms with Gasteiger partial charge in [0.05, 0.1) is 12.0 Å². The van der Waals surface area contributed by atoms with Gasteiger partial charge in [-0.25, -0.2) is 4.39 Å². The topological polar surface area (TPSA) is 149 Å². The Hall–Kier alpha value is -4.73. The molecule has 2 amide bonds. The second-order valence-corrected chi connectivity index (χ2v) is 9.07. The molecule has 1 heterocycles. The van der Waals surface area contributed by atoms with E-state index in [9.17, 15) is 23.9 Å². The van der Waals surface area contributed by atoms with E-state index in [1.807, 2.05) is 30.3 Å². The van der Waals surface area contributed by atoms with Gasteiger partial charge in [-0.15, -0.1) is 0 Å². The van der Waals surface area contributed by atoms with Gasteiger partial charge >= 0.3 is 5.97 Å². The zero-order valence-electron chi connectivity index (χ0n) is 20.5. The second kappa shape index (κ2) is 11.5. The van der Waals surface area contributed by atoms with Crippen LogP contribution in [0.25, 0.3) is 0 Å². The van der Waals surface area contributed by atoms with Crippen LogP contribution in [0.4, 0.5) is 10.1 Å². The Kier molecular flexibility index (Phi) is 8.00. The van der Waals surface area contributed by atoms with Crippen molar-refractivity contribution in [1.82, 2.24) is 10.2 Å². The van der Waals surface area contributed by atoms with Crippen molar-refractivity contribution in [2.45, 2.75) is 32.0 Å². The normalized spacial score (nSPS) is 14.7. The van der Waals surface area contributed by atoms with Gasteiger partial charge < -0.3 is 26.4 Å². The number of nitrogens with zero attached hydrogens (tertiary/aromatic N) is 1. The van der Waals surface area contributed by atoms with Gasteiger partial charge in [0, 0.05) is 30.9 Å². The monoisotopic (exact) mass is 517 g/mol. The Morgan fingerprint density at radius 1 is 1.11 bits per heavy atom. The summed E-state index contributed by atoms with van der Waals surface area (Å²) >= 11 is 0. The summed E-state index contributed by atoms with van der Waals surface area (Å²) < 4.78 is 14.1. The fraction of sp³-hybridized carbons (Fsp3) is 0.214. The molecule has 1 atom stereocenters. The van der Waals surface area contributed by atoms with Crippen molar-refractivity contribution < 1.29 is 23.9 Å². The minimum Gasteiger partial charge on any atom is -0.481 e. The number of benzene rings is 3. The largest absolute Gasteiger partial charge is 0.481 e. The Morgan fingerprint density at radius 2 is 1.87 bits per heavy atom. The number of nitrogen functional groups attached to an aromatic ring is 1. The molecule has 3 aromatic rings. The van der Waals surface area contributed by atoms with Gasteiger partial charge in [-0.3, -0.25) is 19.8 Å². The number of fused-ring (bicyclic) bond motifs is 1. The lowest BCUT2D eigenvalue weighted by Crippen LogP contribution is -2.42. The predicted octanol–water partition coefficient (Wildman–Crippen LogP) is 2.88. The van der Waals surface area contributed by atoms with Crippen molar-refractivity contribution in [3.8, 4) is 0 Å². The number of carbonyl (C=O) groups is 3. The molecule has 9 nitrogen and oxygen atoms in total. The Morgan fingerprint density at radius 3 is 2.55 bits per heavy atom. The summed E-state index contributed by atoms with van der Waals surface area (Å²) in [5.41, 5.74) is 8.46. The van der Waals surface area contributed by atoms with Crippen LogP contribution in [0.2, 0.25) is 0 Å². The summed E-state index contributed by atoms with van der Waals surface area (Å²) in [6, 6.07) is 17.9. The summed E-state index contributed by atoms with van der Waals surface area (Å²) in [6.45, 7) is 0.737. The van der Waals surface area contributed by atoms with Crippen molar-refractivity contribution in [2.75, 3.05) is 11.9 Å². The molecule has 1 aliphatic rings. The molecule has 196 valence electrons. The summed E-state index contributed by atoms with van der Waals surface area (Å²) in [5, 5.41) is 22.5. The molecule has 0 unspecified atom stereocenters. The Bertz CT molecular complexity index is 1380. The smallest absolute Gasteiger partial charge is 0.305 e. The minimum atomic E-state index is -1.11. The van der Waals surface area contributed by atoms with Crippen molar-refractivity contribution in [3.05, 3.63) is 100 Å². The maximum atomic E-state index is 14.1. The van der Waals surface area contributed by atoms with Crippen molar-refractivity contribution in [1.29, 1.82) is 5.41 Å². The molecule has 10 heteroatoms. The number of rotatable bonds is 9. The number of nitrogens with one attached hydrogen (secondary N) is 3. The predicted molar refractivity (Wildman–Crippen MR) is 140 cm³/mol. The van der Waals surface area contributed by atoms with E-state index >= 15 is 0 Å². The van der Waals surface area contributed by atoms with Crippen LogP contribution in [-0.4, -0.2) is 46.2 Å². The van der Waals surface area contributed by atoms with Crippen LogP contribution < -0.4 is 16.4 Å². The molecule has 0 fully saturated rings. The average molecular weight is 518 g/mol. The Labute approximate surface area is 219 Å². The fourth-order valence-electron chi connectivity index (χ4n) is 4.33. The zero-order valence-corrected chi connectivity index (χ0v) is 20.5. The highest BCUT2D eigenvalue weighted by Crippen LogP contribution is 2.26. The second-order valence-electron chi connectivity index (χ2n) is 9.07. The van der Waals surface area contributed by atoms with Crippen LogP contribution in [0.3, 0.4) is 0 Å². The number of aliphatic carboxylic acids is 1. The van der Waals surface area contributed by atoms with Crippen molar-refractivity contribution in [2.24, 2.45) is 5.73 Å². The quantitative estimate of drug-likeness (QED) is 0.218. The molecule has 0 radical (unpaired) electrons. The lowest BCUT2D eigenvalue weighted by Gasteiger charge is -2.24. The number of amides is 2. The van der Waals surface area contributed by atoms with E-state index in [1.165, 1.54) is 12.1 Å². The maximum Gasteiger partial charge on any atom is 0.305 e. The van der Waals surface area contributed by atoms with Crippen LogP contribution in [0.15, 0.2) is 66.7 Å². The number of anilines is 1. The van der Waals surface area contributed by atoms with Crippen molar-refractivity contribution >= 4 is 29.3 Å². The highest BCUT2D eigenvalue weighted by atomic mass is 19.1. The van der Waals surface area contributed by atoms with E-state index in [0.29, 0.717) is 29.8 Å². The number of carbonyl (C=O) groups excluding carboxylic acids is 2. The zero-order chi connectivity index (χ0) is 27.2. The molecule has 0 saturated heterocycles. The molecule has 0 aromatic heterocycles. The number of hydrogen-bond acceptors (Lipinski definition) is 5. The number of carboxylic acids is 1. The molecule has 0 bridgehead atoms. The molecule has 0 saturated carbocycles. The third-order valence-electron chi connectivity index (χ3n) is 6.34. The van der Waals surface area contributed by atoms with Gasteiger partial charge in [-0.1, -0.05) is 42.5 Å². The first-order chi connectivity index (χ1) is 18.2. The van der Waals surface area contributed by atoms with Crippen LogP contribution in [-0.2, 0) is 29.1 Å².